The van der Waals surface area contributed by atoms with Gasteiger partial charge >= 0.3 is 0 Å². The van der Waals surface area contributed by atoms with Crippen molar-refractivity contribution in [2.45, 2.75) is 13.2 Å². The highest BCUT2D eigenvalue weighted by Gasteiger charge is 2.14. The van der Waals surface area contributed by atoms with Gasteiger partial charge in [-0.2, -0.15) is 0 Å². The van der Waals surface area contributed by atoms with Crippen LogP contribution in [-0.4, -0.2) is 22.3 Å². The van der Waals surface area contributed by atoms with Crippen molar-refractivity contribution >= 4 is 32.3 Å². The molecular formula is C20H17NO4. The summed E-state index contributed by atoms with van der Waals surface area (Å²) in [4.78, 5) is 15.2. The third-order valence-corrected chi connectivity index (χ3v) is 4.67. The topological polar surface area (TPSA) is 82.5 Å². The van der Waals surface area contributed by atoms with Gasteiger partial charge in [-0.15, -0.1) is 0 Å². The van der Waals surface area contributed by atoms with E-state index in [0.717, 1.165) is 32.5 Å². The van der Waals surface area contributed by atoms with Crippen molar-refractivity contribution in [1.82, 2.24) is 4.98 Å². The number of methoxy groups -OCH3 is 1. The maximum Gasteiger partial charge on any atom is 0.256 e. The van der Waals surface area contributed by atoms with E-state index in [4.69, 9.17) is 4.74 Å². The molecule has 0 atom stereocenters. The number of aliphatic hydroxyl groups excluding tert-OH is 2. The van der Waals surface area contributed by atoms with Gasteiger partial charge in [-0.25, -0.2) is 0 Å². The number of hydrogen-bond donors (Lipinski definition) is 3. The monoisotopic (exact) mass is 335 g/mol. The number of hydrogen-bond acceptors (Lipinski definition) is 4. The summed E-state index contributed by atoms with van der Waals surface area (Å²) in [7, 11) is 1.56. The molecule has 0 aliphatic heterocycles. The molecule has 0 radical (unpaired) electrons. The lowest BCUT2D eigenvalue weighted by Crippen LogP contribution is -2.06. The largest absolute Gasteiger partial charge is 0.496 e. The quantitative estimate of drug-likeness (QED) is 0.503. The highest BCUT2D eigenvalue weighted by Crippen LogP contribution is 2.37. The van der Waals surface area contributed by atoms with E-state index in [2.05, 4.69) is 4.98 Å². The molecule has 4 aromatic rings. The molecule has 3 N–H and O–H groups in total. The van der Waals surface area contributed by atoms with Crippen molar-refractivity contribution in [2.75, 3.05) is 7.11 Å². The van der Waals surface area contributed by atoms with Crippen LogP contribution in [0.5, 0.6) is 5.75 Å². The van der Waals surface area contributed by atoms with E-state index in [1.54, 1.807) is 13.3 Å². The number of aromatic amines is 1. The third-order valence-electron chi connectivity index (χ3n) is 4.67. The zero-order valence-electron chi connectivity index (χ0n) is 13.7. The molecular weight excluding hydrogens is 318 g/mol. The molecule has 126 valence electrons. The number of aromatic nitrogens is 1. The first kappa shape index (κ1) is 15.6. The molecule has 0 amide bonds. The summed E-state index contributed by atoms with van der Waals surface area (Å²) >= 11 is 0. The summed E-state index contributed by atoms with van der Waals surface area (Å²) in [5, 5.41) is 24.0. The van der Waals surface area contributed by atoms with Crippen LogP contribution in [0.15, 0.2) is 47.4 Å². The van der Waals surface area contributed by atoms with Crippen molar-refractivity contribution < 1.29 is 14.9 Å². The van der Waals surface area contributed by atoms with Crippen LogP contribution < -0.4 is 10.3 Å². The molecule has 0 aliphatic carbocycles. The zero-order valence-corrected chi connectivity index (χ0v) is 13.7. The van der Waals surface area contributed by atoms with Crippen LogP contribution in [0.2, 0.25) is 0 Å². The lowest BCUT2D eigenvalue weighted by atomic mass is 9.93. The van der Waals surface area contributed by atoms with Gasteiger partial charge in [-0.05, 0) is 56.8 Å². The number of ether oxygens (including phenoxy) is 1. The van der Waals surface area contributed by atoms with Crippen molar-refractivity contribution in [3.05, 3.63) is 64.1 Å². The van der Waals surface area contributed by atoms with Gasteiger partial charge in [-0.3, -0.25) is 4.79 Å². The number of nitrogens with one attached hydrogen (secondary N) is 1. The first-order chi connectivity index (χ1) is 12.2. The van der Waals surface area contributed by atoms with E-state index in [1.807, 2.05) is 36.4 Å². The summed E-state index contributed by atoms with van der Waals surface area (Å²) in [6.45, 7) is -0.225. The fourth-order valence-electron chi connectivity index (χ4n) is 3.48. The lowest BCUT2D eigenvalue weighted by molar-refractivity contribution is 0.274. The molecule has 5 nitrogen and oxygen atoms in total. The summed E-state index contributed by atoms with van der Waals surface area (Å²) < 4.78 is 5.39. The number of rotatable bonds is 3. The van der Waals surface area contributed by atoms with Crippen LogP contribution in [0.4, 0.5) is 0 Å². The third kappa shape index (κ3) is 2.28. The molecule has 4 rings (SSSR count). The molecule has 5 heteroatoms. The van der Waals surface area contributed by atoms with E-state index in [9.17, 15) is 15.0 Å². The van der Waals surface area contributed by atoms with Crippen molar-refractivity contribution in [2.24, 2.45) is 0 Å². The van der Waals surface area contributed by atoms with Crippen molar-refractivity contribution in [3.8, 4) is 5.75 Å². The van der Waals surface area contributed by atoms with E-state index >= 15 is 0 Å². The Morgan fingerprint density at radius 3 is 2.36 bits per heavy atom. The second kappa shape index (κ2) is 5.88. The van der Waals surface area contributed by atoms with Crippen molar-refractivity contribution in [3.63, 3.8) is 0 Å². The molecule has 0 saturated carbocycles. The van der Waals surface area contributed by atoms with E-state index < -0.39 is 0 Å². The van der Waals surface area contributed by atoms with Gasteiger partial charge in [0.1, 0.15) is 5.75 Å². The summed E-state index contributed by atoms with van der Waals surface area (Å²) in [6, 6.07) is 11.2. The molecule has 0 aliphatic rings. The molecule has 3 aromatic carbocycles. The molecule has 0 fully saturated rings. The minimum absolute atomic E-state index is 0.0797. The average molecular weight is 335 g/mol. The summed E-state index contributed by atoms with van der Waals surface area (Å²) in [6.07, 6.45) is 1.63. The Balaban J connectivity index is 2.34. The molecule has 0 unspecified atom stereocenters. The number of pyridine rings is 1. The lowest BCUT2D eigenvalue weighted by Gasteiger charge is -2.14. The molecule has 0 spiro atoms. The van der Waals surface area contributed by atoms with Gasteiger partial charge in [0.15, 0.2) is 0 Å². The molecule has 25 heavy (non-hydrogen) atoms. The number of aliphatic hydroxyl groups is 2. The summed E-state index contributed by atoms with van der Waals surface area (Å²) in [5.41, 5.74) is 1.28. The first-order valence-corrected chi connectivity index (χ1v) is 7.96. The Bertz CT molecular complexity index is 1160. The van der Waals surface area contributed by atoms with Gasteiger partial charge in [-0.1, -0.05) is 12.1 Å². The van der Waals surface area contributed by atoms with E-state index in [-0.39, 0.29) is 18.8 Å². The zero-order chi connectivity index (χ0) is 17.6. The van der Waals surface area contributed by atoms with Gasteiger partial charge in [0.25, 0.3) is 5.56 Å². The Labute approximate surface area is 143 Å². The predicted octanol–water partition coefficient (Wildman–Crippen LogP) is 2.83. The van der Waals surface area contributed by atoms with Crippen LogP contribution in [0.1, 0.15) is 11.1 Å². The molecule has 0 bridgehead atoms. The number of fused-ring (bicyclic) bond motifs is 6. The van der Waals surface area contributed by atoms with Crippen LogP contribution in [0.25, 0.3) is 32.3 Å². The second-order valence-electron chi connectivity index (χ2n) is 6.00. The fraction of sp³-hybridized carbons (Fsp3) is 0.150. The van der Waals surface area contributed by atoms with Crippen LogP contribution in [0, 0.1) is 0 Å². The van der Waals surface area contributed by atoms with Crippen LogP contribution in [0.3, 0.4) is 0 Å². The predicted molar refractivity (Wildman–Crippen MR) is 98.0 cm³/mol. The van der Waals surface area contributed by atoms with Gasteiger partial charge in [0.05, 0.1) is 25.7 Å². The Morgan fingerprint density at radius 2 is 1.64 bits per heavy atom. The highest BCUT2D eigenvalue weighted by molar-refractivity contribution is 6.25. The Morgan fingerprint density at radius 1 is 0.920 bits per heavy atom. The van der Waals surface area contributed by atoms with Gasteiger partial charge in [0, 0.05) is 11.8 Å². The first-order valence-electron chi connectivity index (χ1n) is 7.96. The maximum absolute atomic E-state index is 12.5. The van der Waals surface area contributed by atoms with E-state index in [1.165, 1.54) is 0 Å². The minimum Gasteiger partial charge on any atom is -0.496 e. The second-order valence-corrected chi connectivity index (χ2v) is 6.00. The van der Waals surface area contributed by atoms with E-state index in [0.29, 0.717) is 16.7 Å². The Kier molecular flexibility index (Phi) is 3.67. The smallest absolute Gasteiger partial charge is 0.256 e. The highest BCUT2D eigenvalue weighted by atomic mass is 16.5. The summed E-state index contributed by atoms with van der Waals surface area (Å²) in [5.74, 6) is 0.578. The Hall–Kier alpha value is -2.89. The normalized spacial score (nSPS) is 11.5. The number of H-pyrrole nitrogens is 1. The maximum atomic E-state index is 12.5. The molecule has 1 aromatic heterocycles. The molecule has 1 heterocycles. The van der Waals surface area contributed by atoms with Crippen LogP contribution in [-0.2, 0) is 13.2 Å². The average Bonchev–Trinajstić information content (AvgIpc) is 2.66. The van der Waals surface area contributed by atoms with Crippen LogP contribution >= 0.6 is 0 Å². The molecule has 0 saturated heterocycles. The van der Waals surface area contributed by atoms with Gasteiger partial charge < -0.3 is 19.9 Å². The van der Waals surface area contributed by atoms with Gasteiger partial charge in [0.2, 0.25) is 0 Å². The standard InChI is InChI=1S/C20H17NO4/c1-25-18-8-17-14-4-5-21-20(24)19(14)13-3-2-11(9-22)6-15(13)16(17)7-12(18)10-23/h2-8,22-23H,9-10H2,1H3,(H,21,24). The fourth-order valence-corrected chi connectivity index (χ4v) is 3.48. The minimum atomic E-state index is -0.161. The SMILES string of the molecule is COc1cc2c(cc1CO)c1cc(CO)ccc1c1c(=O)[nH]ccc21. The van der Waals surface area contributed by atoms with Crippen molar-refractivity contribution in [1.29, 1.82) is 0 Å². The number of benzene rings is 3.